The minimum absolute atomic E-state index is 0.440. The number of ether oxygens (including phenoxy) is 1. The molecule has 0 amide bonds. The summed E-state index contributed by atoms with van der Waals surface area (Å²) in [5, 5.41) is 10.7. The van der Waals surface area contributed by atoms with Crippen molar-refractivity contribution in [1.29, 1.82) is 0 Å². The summed E-state index contributed by atoms with van der Waals surface area (Å²) in [4.78, 5) is 0. The van der Waals surface area contributed by atoms with E-state index in [1.807, 2.05) is 30.3 Å². The normalized spacial score (nSPS) is 12.2. The first kappa shape index (κ1) is 13.7. The van der Waals surface area contributed by atoms with Crippen molar-refractivity contribution in [2.75, 3.05) is 12.8 Å². The largest absolute Gasteiger partial charge is 0.495 e. The van der Waals surface area contributed by atoms with Crippen LogP contribution in [0, 0.1) is 0 Å². The maximum absolute atomic E-state index is 10.3. The summed E-state index contributed by atoms with van der Waals surface area (Å²) < 4.78 is 5.14. The first-order chi connectivity index (χ1) is 9.11. The number of nitrogens with two attached hydrogens (primary N) is 1. The third-order valence-corrected chi connectivity index (χ3v) is 3.28. The van der Waals surface area contributed by atoms with E-state index in [-0.39, 0.29) is 0 Å². The van der Waals surface area contributed by atoms with E-state index in [1.165, 1.54) is 7.11 Å². The molecule has 2 aromatic rings. The van der Waals surface area contributed by atoms with Gasteiger partial charge < -0.3 is 15.6 Å². The average molecular weight is 278 g/mol. The molecule has 0 saturated heterocycles. The topological polar surface area (TPSA) is 55.5 Å². The van der Waals surface area contributed by atoms with Gasteiger partial charge in [-0.3, -0.25) is 0 Å². The Hall–Kier alpha value is -1.71. The van der Waals surface area contributed by atoms with Crippen molar-refractivity contribution in [3.05, 3.63) is 58.6 Å². The molecule has 0 heterocycles. The summed E-state index contributed by atoms with van der Waals surface area (Å²) in [6.45, 7) is 0. The minimum atomic E-state index is -0.687. The second-order valence-corrected chi connectivity index (χ2v) is 4.73. The molecular formula is C15H16ClNO2. The number of methoxy groups -OCH3 is 1. The number of rotatable bonds is 4. The summed E-state index contributed by atoms with van der Waals surface area (Å²) in [6.07, 6.45) is -0.191. The Bertz CT molecular complexity index is 558. The Balaban J connectivity index is 2.26. The summed E-state index contributed by atoms with van der Waals surface area (Å²) in [6, 6.07) is 13.0. The Morgan fingerprint density at radius 3 is 2.58 bits per heavy atom. The van der Waals surface area contributed by atoms with Crippen LogP contribution in [0.25, 0.3) is 0 Å². The molecule has 0 fully saturated rings. The summed E-state index contributed by atoms with van der Waals surface area (Å²) >= 11 is 5.98. The molecule has 19 heavy (non-hydrogen) atoms. The molecule has 0 radical (unpaired) electrons. The SMILES string of the molecule is COc1cc(C(O)Cc2ccccc2)c(N)cc1Cl. The van der Waals surface area contributed by atoms with Crippen LogP contribution in [0.15, 0.2) is 42.5 Å². The van der Waals surface area contributed by atoms with Gasteiger partial charge in [-0.2, -0.15) is 0 Å². The van der Waals surface area contributed by atoms with Crippen LogP contribution in [0.3, 0.4) is 0 Å². The molecule has 100 valence electrons. The number of halogens is 1. The molecule has 3 N–H and O–H groups in total. The fourth-order valence-corrected chi connectivity index (χ4v) is 2.23. The van der Waals surface area contributed by atoms with Crippen molar-refractivity contribution >= 4 is 17.3 Å². The van der Waals surface area contributed by atoms with Crippen molar-refractivity contribution in [3.63, 3.8) is 0 Å². The smallest absolute Gasteiger partial charge is 0.137 e. The van der Waals surface area contributed by atoms with Gasteiger partial charge >= 0.3 is 0 Å². The maximum Gasteiger partial charge on any atom is 0.137 e. The van der Waals surface area contributed by atoms with Gasteiger partial charge in [-0.25, -0.2) is 0 Å². The van der Waals surface area contributed by atoms with Gasteiger partial charge in [0.1, 0.15) is 5.75 Å². The molecule has 0 aliphatic heterocycles. The van der Waals surface area contributed by atoms with Crippen LogP contribution in [-0.4, -0.2) is 12.2 Å². The van der Waals surface area contributed by atoms with Crippen molar-refractivity contribution < 1.29 is 9.84 Å². The van der Waals surface area contributed by atoms with Crippen LogP contribution in [-0.2, 0) is 6.42 Å². The van der Waals surface area contributed by atoms with Gasteiger partial charge in [0, 0.05) is 17.7 Å². The molecule has 1 unspecified atom stereocenters. The van der Waals surface area contributed by atoms with Crippen molar-refractivity contribution in [2.24, 2.45) is 0 Å². The van der Waals surface area contributed by atoms with E-state index in [9.17, 15) is 5.11 Å². The molecule has 2 rings (SSSR count). The first-order valence-corrected chi connectivity index (χ1v) is 6.34. The van der Waals surface area contributed by atoms with Crippen molar-refractivity contribution in [2.45, 2.75) is 12.5 Å². The molecule has 2 aromatic carbocycles. The molecule has 0 spiro atoms. The van der Waals surface area contributed by atoms with Crippen molar-refractivity contribution in [3.8, 4) is 5.75 Å². The monoisotopic (exact) mass is 277 g/mol. The molecule has 0 aliphatic rings. The van der Waals surface area contributed by atoms with Gasteiger partial charge in [-0.1, -0.05) is 41.9 Å². The summed E-state index contributed by atoms with van der Waals surface area (Å²) in [7, 11) is 1.53. The highest BCUT2D eigenvalue weighted by Gasteiger charge is 2.15. The van der Waals surface area contributed by atoms with Crippen LogP contribution in [0.4, 0.5) is 5.69 Å². The fourth-order valence-electron chi connectivity index (χ4n) is 1.98. The fraction of sp³-hybridized carbons (Fsp3) is 0.200. The Labute approximate surface area is 117 Å². The van der Waals surface area contributed by atoms with E-state index in [0.29, 0.717) is 28.4 Å². The van der Waals surface area contributed by atoms with Crippen LogP contribution in [0.1, 0.15) is 17.2 Å². The van der Waals surface area contributed by atoms with Crippen LogP contribution in [0.2, 0.25) is 5.02 Å². The molecular weight excluding hydrogens is 262 g/mol. The van der Waals surface area contributed by atoms with E-state index in [1.54, 1.807) is 12.1 Å². The molecule has 0 saturated carbocycles. The number of aliphatic hydroxyl groups excluding tert-OH is 1. The number of anilines is 1. The third-order valence-electron chi connectivity index (χ3n) is 2.99. The van der Waals surface area contributed by atoms with E-state index in [0.717, 1.165) is 5.56 Å². The molecule has 0 aliphatic carbocycles. The predicted molar refractivity (Wildman–Crippen MR) is 77.5 cm³/mol. The Morgan fingerprint density at radius 2 is 1.95 bits per heavy atom. The van der Waals surface area contributed by atoms with Crippen molar-refractivity contribution in [1.82, 2.24) is 0 Å². The Kier molecular flexibility index (Phi) is 4.30. The lowest BCUT2D eigenvalue weighted by molar-refractivity contribution is 0.179. The first-order valence-electron chi connectivity index (χ1n) is 5.96. The van der Waals surface area contributed by atoms with Gasteiger partial charge in [-0.15, -0.1) is 0 Å². The zero-order valence-corrected chi connectivity index (χ0v) is 11.4. The summed E-state index contributed by atoms with van der Waals surface area (Å²) in [5.74, 6) is 0.512. The van der Waals surface area contributed by atoms with E-state index >= 15 is 0 Å². The van der Waals surface area contributed by atoms with E-state index < -0.39 is 6.10 Å². The highest BCUT2D eigenvalue weighted by molar-refractivity contribution is 6.32. The average Bonchev–Trinajstić information content (AvgIpc) is 2.40. The van der Waals surface area contributed by atoms with E-state index in [2.05, 4.69) is 0 Å². The second-order valence-electron chi connectivity index (χ2n) is 4.32. The molecule has 1 atom stereocenters. The highest BCUT2D eigenvalue weighted by Crippen LogP contribution is 2.33. The van der Waals surface area contributed by atoms with Gasteiger partial charge in [0.2, 0.25) is 0 Å². The lowest BCUT2D eigenvalue weighted by Crippen LogP contribution is -2.06. The number of nitrogen functional groups attached to an aromatic ring is 1. The molecule has 3 nitrogen and oxygen atoms in total. The lowest BCUT2D eigenvalue weighted by atomic mass is 10.00. The Morgan fingerprint density at radius 1 is 1.26 bits per heavy atom. The van der Waals surface area contributed by atoms with Gasteiger partial charge in [0.25, 0.3) is 0 Å². The van der Waals surface area contributed by atoms with Gasteiger partial charge in [0.05, 0.1) is 18.2 Å². The lowest BCUT2D eigenvalue weighted by Gasteiger charge is -2.15. The number of aliphatic hydroxyl groups is 1. The molecule has 0 aromatic heterocycles. The molecule has 4 heteroatoms. The van der Waals surface area contributed by atoms with E-state index in [4.69, 9.17) is 22.1 Å². The summed E-state index contributed by atoms with van der Waals surface area (Å²) in [5.41, 5.74) is 8.04. The van der Waals surface area contributed by atoms with Gasteiger partial charge in [0.15, 0.2) is 0 Å². The number of benzene rings is 2. The third kappa shape index (κ3) is 3.19. The zero-order valence-electron chi connectivity index (χ0n) is 10.6. The molecule has 0 bridgehead atoms. The predicted octanol–water partition coefficient (Wildman–Crippen LogP) is 3.21. The number of hydrogen-bond donors (Lipinski definition) is 2. The highest BCUT2D eigenvalue weighted by atomic mass is 35.5. The standard InChI is InChI=1S/C15H16ClNO2/c1-19-15-8-11(13(17)9-12(15)16)14(18)7-10-5-3-2-4-6-10/h2-6,8-9,14,18H,7,17H2,1H3. The zero-order chi connectivity index (χ0) is 13.8. The van der Waals surface area contributed by atoms with Crippen LogP contribution < -0.4 is 10.5 Å². The minimum Gasteiger partial charge on any atom is -0.495 e. The van der Waals surface area contributed by atoms with Crippen LogP contribution >= 0.6 is 11.6 Å². The quantitative estimate of drug-likeness (QED) is 0.844. The number of hydrogen-bond acceptors (Lipinski definition) is 3. The maximum atomic E-state index is 10.3. The van der Waals surface area contributed by atoms with Crippen LogP contribution in [0.5, 0.6) is 5.75 Å². The second kappa shape index (κ2) is 5.95. The van der Waals surface area contributed by atoms with Gasteiger partial charge in [-0.05, 0) is 17.7 Å².